The molecule has 0 spiro atoms. The minimum absolute atomic E-state index is 0.0518. The Hall–Kier alpha value is -2.54. The number of aliphatic hydroxyl groups excluding tert-OH is 1. The average Bonchev–Trinajstić information content (AvgIpc) is 3.04. The normalized spacial score (nSPS) is 25.5. The van der Waals surface area contributed by atoms with Crippen molar-refractivity contribution in [3.63, 3.8) is 0 Å². The summed E-state index contributed by atoms with van der Waals surface area (Å²) in [6.45, 7) is 3.45. The molecule has 1 aromatic heterocycles. The summed E-state index contributed by atoms with van der Waals surface area (Å²) in [5, 5.41) is 11.0. The second-order valence-corrected chi connectivity index (χ2v) is 9.62. The highest BCUT2D eigenvalue weighted by atomic mass is 35.5. The van der Waals surface area contributed by atoms with Gasteiger partial charge in [0.25, 0.3) is 5.56 Å². The van der Waals surface area contributed by atoms with Crippen molar-refractivity contribution < 1.29 is 37.7 Å². The van der Waals surface area contributed by atoms with Crippen LogP contribution in [0, 0.1) is 0 Å². The lowest BCUT2D eigenvalue weighted by molar-refractivity contribution is -0.180. The van der Waals surface area contributed by atoms with Gasteiger partial charge in [0.1, 0.15) is 24.0 Å². The lowest BCUT2D eigenvalue weighted by Gasteiger charge is -2.27. The van der Waals surface area contributed by atoms with E-state index in [1.165, 1.54) is 31.2 Å². The maximum absolute atomic E-state index is 15.4. The zero-order valence-corrected chi connectivity index (χ0v) is 21.3. The van der Waals surface area contributed by atoms with Crippen LogP contribution in [0.3, 0.4) is 0 Å². The fourth-order valence-electron chi connectivity index (χ4n) is 3.45. The number of aromatic nitrogens is 2. The molecule has 0 radical (unpaired) electrons. The number of nitrogens with zero attached hydrogens (tertiary/aromatic N) is 2. The molecule has 0 amide bonds. The standard InChI is InChI=1S/C21H26ClFN3O9P/c1-4-32-18(29)12(2)26(36(31)35-14-7-5-13(22)6-8-14)33-11-15-17(28)21(3,23)19(34-15)25-10-9-16(27)24-20(25)30/h5-10,12,15,17,19,28,36H,4,11H2,1-3H3,(H,24,27,30)/t12?,15-,17-,19-,21-/m1/s1. The minimum Gasteiger partial charge on any atom is -0.465 e. The monoisotopic (exact) mass is 549 g/mol. The van der Waals surface area contributed by atoms with Crippen LogP contribution in [-0.4, -0.2) is 62.6 Å². The van der Waals surface area contributed by atoms with Crippen molar-refractivity contribution >= 4 is 25.7 Å². The van der Waals surface area contributed by atoms with Crippen LogP contribution in [0.5, 0.6) is 5.75 Å². The van der Waals surface area contributed by atoms with E-state index in [1.54, 1.807) is 6.92 Å². The third-order valence-electron chi connectivity index (χ3n) is 5.38. The Bertz CT molecular complexity index is 1210. The Labute approximate surface area is 210 Å². The van der Waals surface area contributed by atoms with Gasteiger partial charge in [-0.25, -0.2) is 9.18 Å². The van der Waals surface area contributed by atoms with Gasteiger partial charge in [-0.15, -0.1) is 0 Å². The smallest absolute Gasteiger partial charge is 0.331 e. The molecule has 0 aliphatic carbocycles. The average molecular weight is 550 g/mol. The summed E-state index contributed by atoms with van der Waals surface area (Å²) in [6.07, 6.45) is -3.72. The molecule has 198 valence electrons. The second-order valence-electron chi connectivity index (χ2n) is 8.01. The zero-order chi connectivity index (χ0) is 26.6. The highest BCUT2D eigenvalue weighted by Gasteiger charge is 2.55. The number of benzene rings is 1. The van der Waals surface area contributed by atoms with Crippen LogP contribution in [0.15, 0.2) is 46.1 Å². The molecule has 12 nitrogen and oxygen atoms in total. The molecule has 2 unspecified atom stereocenters. The van der Waals surface area contributed by atoms with Gasteiger partial charge in [-0.1, -0.05) is 16.4 Å². The van der Waals surface area contributed by atoms with Crippen molar-refractivity contribution in [1.82, 2.24) is 14.4 Å². The van der Waals surface area contributed by atoms with Crippen molar-refractivity contribution in [2.24, 2.45) is 0 Å². The summed E-state index contributed by atoms with van der Waals surface area (Å²) in [5.74, 6) is -0.588. The van der Waals surface area contributed by atoms with E-state index < -0.39 is 62.2 Å². The molecule has 0 bridgehead atoms. The number of aromatic amines is 1. The Morgan fingerprint density at radius 1 is 1.36 bits per heavy atom. The minimum atomic E-state index is -3.28. The van der Waals surface area contributed by atoms with Gasteiger partial charge in [0.15, 0.2) is 11.9 Å². The number of carbonyl (C=O) groups excluding carboxylic acids is 1. The van der Waals surface area contributed by atoms with Gasteiger partial charge >= 0.3 is 19.8 Å². The Kier molecular flexibility index (Phi) is 9.09. The summed E-state index contributed by atoms with van der Waals surface area (Å²) in [7, 11) is -3.28. The van der Waals surface area contributed by atoms with Crippen molar-refractivity contribution in [3.8, 4) is 5.75 Å². The molecule has 6 atom stereocenters. The van der Waals surface area contributed by atoms with Crippen LogP contribution in [0.25, 0.3) is 0 Å². The molecule has 1 aromatic carbocycles. The Balaban J connectivity index is 1.79. The molecule has 15 heteroatoms. The summed E-state index contributed by atoms with van der Waals surface area (Å²) in [6, 6.07) is 5.73. The third kappa shape index (κ3) is 6.23. The first-order valence-corrected chi connectivity index (χ1v) is 12.5. The van der Waals surface area contributed by atoms with Crippen LogP contribution in [0.4, 0.5) is 4.39 Å². The first-order chi connectivity index (χ1) is 16.9. The summed E-state index contributed by atoms with van der Waals surface area (Å²) in [5.41, 5.74) is -4.10. The largest absolute Gasteiger partial charge is 0.465 e. The lowest BCUT2D eigenvalue weighted by atomic mass is 9.98. The van der Waals surface area contributed by atoms with E-state index in [0.29, 0.717) is 5.02 Å². The Morgan fingerprint density at radius 2 is 2.03 bits per heavy atom. The molecule has 3 rings (SSSR count). The summed E-state index contributed by atoms with van der Waals surface area (Å²) >= 11 is 5.84. The van der Waals surface area contributed by atoms with E-state index in [1.807, 2.05) is 4.98 Å². The van der Waals surface area contributed by atoms with Crippen molar-refractivity contribution in [3.05, 3.63) is 62.4 Å². The number of alkyl halides is 1. The number of hydrogen-bond donors (Lipinski definition) is 2. The van der Waals surface area contributed by atoms with Gasteiger partial charge in [-0.05, 0) is 45.0 Å². The lowest BCUT2D eigenvalue weighted by Crippen LogP contribution is -2.44. The van der Waals surface area contributed by atoms with Gasteiger partial charge < -0.3 is 19.1 Å². The number of hydroxylamine groups is 1. The quantitative estimate of drug-likeness (QED) is 0.255. The van der Waals surface area contributed by atoms with E-state index in [4.69, 9.17) is 30.4 Å². The topological polar surface area (TPSA) is 149 Å². The number of nitrogens with one attached hydrogen (secondary N) is 1. The zero-order valence-electron chi connectivity index (χ0n) is 19.6. The van der Waals surface area contributed by atoms with E-state index in [0.717, 1.165) is 28.6 Å². The van der Waals surface area contributed by atoms with Gasteiger partial charge in [-0.2, -0.15) is 0 Å². The number of halogens is 2. The highest BCUT2D eigenvalue weighted by Crippen LogP contribution is 2.41. The van der Waals surface area contributed by atoms with Gasteiger partial charge in [0, 0.05) is 17.3 Å². The number of hydrogen-bond acceptors (Lipinski definition) is 9. The number of H-pyrrole nitrogens is 1. The van der Waals surface area contributed by atoms with Crippen LogP contribution < -0.4 is 15.8 Å². The molecular weight excluding hydrogens is 524 g/mol. The molecule has 2 N–H and O–H groups in total. The fraction of sp³-hybridized carbons (Fsp3) is 0.476. The van der Waals surface area contributed by atoms with Crippen molar-refractivity contribution in [2.75, 3.05) is 13.2 Å². The molecule has 1 aliphatic heterocycles. The van der Waals surface area contributed by atoms with Crippen molar-refractivity contribution in [1.29, 1.82) is 0 Å². The number of rotatable bonds is 10. The third-order valence-corrected chi connectivity index (χ3v) is 6.92. The van der Waals surface area contributed by atoms with Crippen LogP contribution in [0.2, 0.25) is 5.02 Å². The maximum Gasteiger partial charge on any atom is 0.331 e. The predicted molar refractivity (Wildman–Crippen MR) is 126 cm³/mol. The fourth-order valence-corrected chi connectivity index (χ4v) is 4.60. The molecule has 1 aliphatic rings. The number of carbonyl (C=O) groups is 1. The van der Waals surface area contributed by atoms with Gasteiger partial charge in [0.05, 0.1) is 13.2 Å². The van der Waals surface area contributed by atoms with Gasteiger partial charge in [0.2, 0.25) is 0 Å². The summed E-state index contributed by atoms with van der Waals surface area (Å²) < 4.78 is 45.1. The first kappa shape index (κ1) is 28.0. The number of esters is 1. The van der Waals surface area contributed by atoms with E-state index in [9.17, 15) is 24.1 Å². The van der Waals surface area contributed by atoms with Crippen LogP contribution in [0.1, 0.15) is 27.0 Å². The maximum atomic E-state index is 15.4. The van der Waals surface area contributed by atoms with Gasteiger partial charge in [-0.3, -0.25) is 28.5 Å². The summed E-state index contributed by atoms with van der Waals surface area (Å²) in [4.78, 5) is 44.0. The number of ether oxygens (including phenoxy) is 2. The SMILES string of the molecule is CCOC(=O)C(C)N(OC[C@H]1O[C@@H](n2ccc(=O)[nH]c2=O)[C@](C)(F)[C@@H]1O)[PH](=O)Oc1ccc(Cl)cc1. The van der Waals surface area contributed by atoms with Crippen LogP contribution in [-0.2, 0) is 23.7 Å². The first-order valence-electron chi connectivity index (χ1n) is 10.9. The molecular formula is C21H26ClFN3O9P. The number of aliphatic hydroxyl groups is 1. The van der Waals surface area contributed by atoms with E-state index in [-0.39, 0.29) is 12.4 Å². The second kappa shape index (κ2) is 11.7. The molecule has 36 heavy (non-hydrogen) atoms. The molecule has 1 saturated heterocycles. The van der Waals surface area contributed by atoms with E-state index in [2.05, 4.69) is 0 Å². The van der Waals surface area contributed by atoms with Crippen LogP contribution >= 0.6 is 19.8 Å². The van der Waals surface area contributed by atoms with Crippen molar-refractivity contribution in [2.45, 2.75) is 50.9 Å². The van der Waals surface area contributed by atoms with E-state index >= 15 is 4.39 Å². The molecule has 2 aromatic rings. The molecule has 0 saturated carbocycles. The Morgan fingerprint density at radius 3 is 2.64 bits per heavy atom. The molecule has 2 heterocycles. The molecule has 1 fully saturated rings. The highest BCUT2D eigenvalue weighted by molar-refractivity contribution is 7.36. The predicted octanol–water partition coefficient (Wildman–Crippen LogP) is 1.83.